The highest BCUT2D eigenvalue weighted by Gasteiger charge is 2.15. The van der Waals surface area contributed by atoms with Crippen molar-refractivity contribution in [1.82, 2.24) is 24.8 Å². The Morgan fingerprint density at radius 3 is 2.72 bits per heavy atom. The van der Waals surface area contributed by atoms with E-state index in [0.29, 0.717) is 35.4 Å². The average molecular weight is 431 g/mol. The van der Waals surface area contributed by atoms with E-state index in [-0.39, 0.29) is 0 Å². The Balaban J connectivity index is 1.39. The second-order valence-electron chi connectivity index (χ2n) is 7.85. The molecule has 0 amide bonds. The van der Waals surface area contributed by atoms with Crippen LogP contribution in [0.3, 0.4) is 0 Å². The molecule has 8 nitrogen and oxygen atoms in total. The summed E-state index contributed by atoms with van der Waals surface area (Å²) >= 11 is 0. The van der Waals surface area contributed by atoms with Gasteiger partial charge in [-0.05, 0) is 56.3 Å². The summed E-state index contributed by atoms with van der Waals surface area (Å²) in [6.45, 7) is 3.87. The molecule has 3 N–H and O–H groups in total. The fourth-order valence-electron chi connectivity index (χ4n) is 4.01. The number of nitrogens with one attached hydrogen (secondary N) is 1. The number of aromatic amines is 1. The highest BCUT2D eigenvalue weighted by atomic mass is 16.5. The van der Waals surface area contributed by atoms with Gasteiger partial charge in [0, 0.05) is 12.1 Å². The molecule has 0 unspecified atom stereocenters. The number of benzene rings is 2. The van der Waals surface area contributed by atoms with Gasteiger partial charge in [-0.15, -0.1) is 0 Å². The first kappa shape index (κ1) is 20.3. The Labute approximate surface area is 186 Å². The minimum Gasteiger partial charge on any atom is -0.493 e. The second kappa shape index (κ2) is 8.84. The molecule has 1 fully saturated rings. The van der Waals surface area contributed by atoms with Crippen LogP contribution in [-0.4, -0.2) is 58.2 Å². The minimum absolute atomic E-state index is 0.321. The molecule has 2 aromatic carbocycles. The minimum atomic E-state index is 0.321. The van der Waals surface area contributed by atoms with Crippen molar-refractivity contribution in [3.63, 3.8) is 0 Å². The van der Waals surface area contributed by atoms with Crippen LogP contribution in [0.25, 0.3) is 33.8 Å². The zero-order valence-corrected chi connectivity index (χ0v) is 18.0. The molecule has 8 heteroatoms. The van der Waals surface area contributed by atoms with Gasteiger partial charge in [0.1, 0.15) is 12.3 Å². The van der Waals surface area contributed by atoms with Crippen molar-refractivity contribution in [1.29, 1.82) is 0 Å². The van der Waals surface area contributed by atoms with Crippen molar-refractivity contribution >= 4 is 16.9 Å². The largest absolute Gasteiger partial charge is 0.493 e. The van der Waals surface area contributed by atoms with Crippen molar-refractivity contribution in [2.24, 2.45) is 0 Å². The molecular weight excluding hydrogens is 404 g/mol. The van der Waals surface area contributed by atoms with E-state index < -0.39 is 0 Å². The Kier molecular flexibility index (Phi) is 5.60. The van der Waals surface area contributed by atoms with Crippen molar-refractivity contribution in [3.8, 4) is 34.3 Å². The number of fused-ring (bicyclic) bond motifs is 1. The molecule has 0 radical (unpaired) electrons. The van der Waals surface area contributed by atoms with Crippen LogP contribution >= 0.6 is 0 Å². The first-order chi connectivity index (χ1) is 15.7. The summed E-state index contributed by atoms with van der Waals surface area (Å²) < 4.78 is 11.6. The summed E-state index contributed by atoms with van der Waals surface area (Å²) in [5.74, 6) is 2.29. The number of methoxy groups -OCH3 is 1. The number of likely N-dealkylation sites (tertiary alicyclic amines) is 1. The maximum Gasteiger partial charge on any atom is 0.161 e. The van der Waals surface area contributed by atoms with Crippen molar-refractivity contribution in [2.75, 3.05) is 39.1 Å². The zero-order valence-electron chi connectivity index (χ0n) is 18.0. The van der Waals surface area contributed by atoms with Gasteiger partial charge in [-0.1, -0.05) is 12.1 Å². The van der Waals surface area contributed by atoms with Gasteiger partial charge in [0.15, 0.2) is 23.1 Å². The lowest BCUT2D eigenvalue weighted by molar-refractivity contribution is 0.230. The molecule has 0 atom stereocenters. The molecule has 3 heterocycles. The van der Waals surface area contributed by atoms with Crippen LogP contribution in [0.4, 0.5) is 5.82 Å². The van der Waals surface area contributed by atoms with Gasteiger partial charge in [-0.25, -0.2) is 15.0 Å². The molecule has 32 heavy (non-hydrogen) atoms. The lowest BCUT2D eigenvalue weighted by Gasteiger charge is -2.16. The predicted molar refractivity (Wildman–Crippen MR) is 125 cm³/mol. The number of aromatic nitrogens is 4. The fourth-order valence-corrected chi connectivity index (χ4v) is 4.01. The van der Waals surface area contributed by atoms with E-state index in [9.17, 15) is 0 Å². The number of imidazole rings is 1. The Morgan fingerprint density at radius 1 is 1.06 bits per heavy atom. The average Bonchev–Trinajstić information content (AvgIpc) is 3.49. The highest BCUT2D eigenvalue weighted by molar-refractivity contribution is 5.81. The summed E-state index contributed by atoms with van der Waals surface area (Å²) in [6, 6.07) is 13.6. The van der Waals surface area contributed by atoms with Crippen LogP contribution in [0, 0.1) is 0 Å². The Morgan fingerprint density at radius 2 is 1.91 bits per heavy atom. The van der Waals surface area contributed by atoms with Crippen molar-refractivity contribution < 1.29 is 9.47 Å². The van der Waals surface area contributed by atoms with E-state index >= 15 is 0 Å². The second-order valence-corrected chi connectivity index (χ2v) is 7.85. The number of anilines is 1. The molecule has 1 aliphatic heterocycles. The molecule has 0 spiro atoms. The number of para-hydroxylation sites is 2. The van der Waals surface area contributed by atoms with Crippen LogP contribution in [0.1, 0.15) is 12.8 Å². The topological polar surface area (TPSA) is 102 Å². The number of hydrogen-bond acceptors (Lipinski definition) is 7. The normalized spacial score (nSPS) is 14.2. The number of H-pyrrole nitrogens is 1. The molecule has 164 valence electrons. The molecule has 1 aliphatic rings. The summed E-state index contributed by atoms with van der Waals surface area (Å²) in [7, 11) is 1.64. The molecule has 4 aromatic rings. The maximum atomic E-state index is 6.13. The quantitative estimate of drug-likeness (QED) is 0.460. The number of nitrogens with zero attached hydrogens (tertiary/aromatic N) is 4. The number of nitrogens with two attached hydrogens (primary N) is 1. The number of nitrogen functional groups attached to an aromatic ring is 1. The number of hydrogen-bond donors (Lipinski definition) is 2. The van der Waals surface area contributed by atoms with Crippen LogP contribution in [0.2, 0.25) is 0 Å². The lowest BCUT2D eigenvalue weighted by Crippen LogP contribution is -2.25. The first-order valence-corrected chi connectivity index (χ1v) is 10.8. The fraction of sp³-hybridized carbons (Fsp3) is 0.292. The molecule has 1 saturated heterocycles. The van der Waals surface area contributed by atoms with E-state index in [1.54, 1.807) is 13.3 Å². The number of ether oxygens (including phenoxy) is 2. The molecule has 2 aromatic heterocycles. The molecule has 0 aliphatic carbocycles. The van der Waals surface area contributed by atoms with Gasteiger partial charge < -0.3 is 20.2 Å². The molecular formula is C24H26N6O2. The highest BCUT2D eigenvalue weighted by Crippen LogP contribution is 2.33. The van der Waals surface area contributed by atoms with Gasteiger partial charge in [-0.3, -0.25) is 4.90 Å². The van der Waals surface area contributed by atoms with Crippen LogP contribution in [-0.2, 0) is 0 Å². The van der Waals surface area contributed by atoms with Gasteiger partial charge in [0.2, 0.25) is 0 Å². The standard InChI is InChI=1S/C24H26N6O2/c1-31-21-14-16(8-9-20(21)32-13-12-30-10-4-5-11-30)19-15-26-23(25)22(27-19)24-28-17-6-2-3-7-18(17)29-24/h2-3,6-9,14-15H,4-5,10-13H2,1H3,(H2,25,26)(H,28,29). The van der Waals surface area contributed by atoms with Gasteiger partial charge in [0.25, 0.3) is 0 Å². The van der Waals surface area contributed by atoms with E-state index in [1.165, 1.54) is 12.8 Å². The summed E-state index contributed by atoms with van der Waals surface area (Å²) in [5.41, 5.74) is 9.96. The third-order valence-corrected chi connectivity index (χ3v) is 5.74. The third kappa shape index (κ3) is 4.09. The van der Waals surface area contributed by atoms with Crippen LogP contribution in [0.5, 0.6) is 11.5 Å². The van der Waals surface area contributed by atoms with Crippen LogP contribution in [0.15, 0.2) is 48.7 Å². The smallest absolute Gasteiger partial charge is 0.161 e. The first-order valence-electron chi connectivity index (χ1n) is 10.8. The maximum absolute atomic E-state index is 6.13. The molecule has 5 rings (SSSR count). The monoisotopic (exact) mass is 430 g/mol. The van der Waals surface area contributed by atoms with Gasteiger partial charge in [-0.2, -0.15) is 0 Å². The predicted octanol–water partition coefficient (Wildman–Crippen LogP) is 3.75. The van der Waals surface area contributed by atoms with E-state index in [4.69, 9.17) is 20.2 Å². The van der Waals surface area contributed by atoms with E-state index in [0.717, 1.165) is 42.0 Å². The number of rotatable bonds is 7. The Hall–Kier alpha value is -3.65. The third-order valence-electron chi connectivity index (χ3n) is 5.74. The van der Waals surface area contributed by atoms with E-state index in [2.05, 4.69) is 19.9 Å². The summed E-state index contributed by atoms with van der Waals surface area (Å²) in [4.78, 5) is 19.4. The Bertz CT molecular complexity index is 1200. The zero-order chi connectivity index (χ0) is 21.9. The van der Waals surface area contributed by atoms with Gasteiger partial charge >= 0.3 is 0 Å². The lowest BCUT2D eigenvalue weighted by atomic mass is 10.1. The van der Waals surface area contributed by atoms with Crippen LogP contribution < -0.4 is 15.2 Å². The van der Waals surface area contributed by atoms with E-state index in [1.807, 2.05) is 42.5 Å². The van der Waals surface area contributed by atoms with Gasteiger partial charge in [0.05, 0.1) is 30.0 Å². The van der Waals surface area contributed by atoms with Crippen molar-refractivity contribution in [3.05, 3.63) is 48.7 Å². The van der Waals surface area contributed by atoms with Crippen molar-refractivity contribution in [2.45, 2.75) is 12.8 Å². The summed E-state index contributed by atoms with van der Waals surface area (Å²) in [6.07, 6.45) is 4.21. The molecule has 0 bridgehead atoms. The SMILES string of the molecule is COc1cc(-c2cnc(N)c(-c3nc4ccccc4[nH]3)n2)ccc1OCCN1CCCC1. The molecule has 0 saturated carbocycles. The summed E-state index contributed by atoms with van der Waals surface area (Å²) in [5, 5.41) is 0.